The van der Waals surface area contributed by atoms with E-state index < -0.39 is 0 Å². The Morgan fingerprint density at radius 2 is 1.86 bits per heavy atom. The topological polar surface area (TPSA) is 30.7 Å². The molecule has 0 amide bonds. The zero-order valence-corrected chi connectivity index (χ0v) is 15.5. The third-order valence-corrected chi connectivity index (χ3v) is 8.77. The minimum Gasteiger partial charge on any atom is -0.244 e. The zero-order valence-electron chi connectivity index (χ0n) is 12.3. The van der Waals surface area contributed by atoms with E-state index in [1.54, 1.807) is 0 Å². The largest absolute Gasteiger partial charge is 0.244 e. The molecule has 3 rings (SSSR count). The van der Waals surface area contributed by atoms with Crippen LogP contribution in [0.3, 0.4) is 0 Å². The summed E-state index contributed by atoms with van der Waals surface area (Å²) in [5, 5.41) is 10.5. The molecule has 0 fully saturated rings. The molecule has 0 unspecified atom stereocenters. The molecular formula is C14H17N3S4. The molecule has 1 aromatic rings. The Kier molecular flexibility index (Phi) is 5.14. The molecule has 0 saturated carbocycles. The van der Waals surface area contributed by atoms with Crippen molar-refractivity contribution in [1.82, 2.24) is 15.0 Å². The number of hydrogen-bond acceptors (Lipinski definition) is 6. The van der Waals surface area contributed by atoms with Crippen LogP contribution in [0.2, 0.25) is 0 Å². The van der Waals surface area contributed by atoms with Crippen molar-refractivity contribution in [2.75, 3.05) is 0 Å². The molecule has 1 aromatic heterocycles. The van der Waals surface area contributed by atoms with Gasteiger partial charge in [0.2, 0.25) is 0 Å². The van der Waals surface area contributed by atoms with Crippen LogP contribution in [0.15, 0.2) is 29.9 Å². The number of hydrogen-bond donors (Lipinski definition) is 0. The van der Waals surface area contributed by atoms with E-state index in [2.05, 4.69) is 36.5 Å². The van der Waals surface area contributed by atoms with Gasteiger partial charge in [-0.15, -0.1) is 5.10 Å². The van der Waals surface area contributed by atoms with Crippen LogP contribution in [-0.2, 0) is 6.54 Å². The van der Waals surface area contributed by atoms with E-state index in [1.807, 2.05) is 57.9 Å². The van der Waals surface area contributed by atoms with Gasteiger partial charge < -0.3 is 0 Å². The van der Waals surface area contributed by atoms with Crippen LogP contribution in [0.25, 0.3) is 4.91 Å². The number of thioether (sulfide) groups is 4. The molecule has 21 heavy (non-hydrogen) atoms. The minimum atomic E-state index is 0.948. The van der Waals surface area contributed by atoms with Gasteiger partial charge in [-0.3, -0.25) is 0 Å². The number of aromatic nitrogens is 3. The van der Waals surface area contributed by atoms with Gasteiger partial charge in [0, 0.05) is 11.4 Å². The Balaban J connectivity index is 1.73. The number of rotatable bonds is 4. The molecule has 0 aliphatic carbocycles. The van der Waals surface area contributed by atoms with Crippen LogP contribution in [0.4, 0.5) is 0 Å². The van der Waals surface area contributed by atoms with Gasteiger partial charge in [0.25, 0.3) is 0 Å². The minimum absolute atomic E-state index is 0.948. The maximum absolute atomic E-state index is 4.21. The van der Waals surface area contributed by atoms with Crippen LogP contribution in [-0.4, -0.2) is 15.0 Å². The maximum Gasteiger partial charge on any atom is 0.0958 e. The molecule has 7 heteroatoms. The van der Waals surface area contributed by atoms with Crippen LogP contribution in [0.5, 0.6) is 0 Å². The molecule has 0 bridgehead atoms. The number of nitrogens with zero attached hydrogens (tertiary/aromatic N) is 3. The lowest BCUT2D eigenvalue weighted by atomic mass is 10.3. The molecule has 3 heterocycles. The van der Waals surface area contributed by atoms with E-state index in [0.717, 1.165) is 18.7 Å². The SMILES string of the molecule is CCCCn1nncc1C1=CSC(=C2SC(C)=C(C)S2)S1. The van der Waals surface area contributed by atoms with Crippen molar-refractivity contribution in [3.63, 3.8) is 0 Å². The highest BCUT2D eigenvalue weighted by atomic mass is 32.2. The van der Waals surface area contributed by atoms with Gasteiger partial charge in [0.05, 0.1) is 20.4 Å². The lowest BCUT2D eigenvalue weighted by molar-refractivity contribution is 0.549. The molecule has 0 aromatic carbocycles. The third-order valence-electron chi connectivity index (χ3n) is 3.22. The Hall–Kier alpha value is -0.240. The van der Waals surface area contributed by atoms with Crippen LogP contribution < -0.4 is 0 Å². The first-order valence-electron chi connectivity index (χ1n) is 6.90. The second-order valence-corrected chi connectivity index (χ2v) is 9.69. The molecule has 2 aliphatic heterocycles. The fourth-order valence-electron chi connectivity index (χ4n) is 1.90. The zero-order chi connectivity index (χ0) is 14.8. The highest BCUT2D eigenvalue weighted by Gasteiger charge is 2.25. The summed E-state index contributed by atoms with van der Waals surface area (Å²) < 4.78 is 4.83. The normalized spacial score (nSPS) is 18.9. The van der Waals surface area contributed by atoms with Crippen LogP contribution in [0, 0.1) is 0 Å². The summed E-state index contributed by atoms with van der Waals surface area (Å²) in [5.41, 5.74) is 1.14. The Morgan fingerprint density at radius 3 is 2.57 bits per heavy atom. The highest BCUT2D eigenvalue weighted by Crippen LogP contribution is 2.58. The summed E-state index contributed by atoms with van der Waals surface area (Å²) in [6.45, 7) is 7.54. The van der Waals surface area contributed by atoms with E-state index >= 15 is 0 Å². The van der Waals surface area contributed by atoms with Gasteiger partial charge in [-0.1, -0.05) is 65.6 Å². The highest BCUT2D eigenvalue weighted by molar-refractivity contribution is 8.35. The summed E-state index contributed by atoms with van der Waals surface area (Å²) >= 11 is 7.47. The van der Waals surface area contributed by atoms with Crippen molar-refractivity contribution in [3.8, 4) is 0 Å². The van der Waals surface area contributed by atoms with Crippen LogP contribution >= 0.6 is 47.0 Å². The van der Waals surface area contributed by atoms with Crippen LogP contribution in [0.1, 0.15) is 39.3 Å². The fourth-order valence-corrected chi connectivity index (χ4v) is 7.04. The summed E-state index contributed by atoms with van der Waals surface area (Å²) in [6, 6.07) is 0. The average molecular weight is 356 g/mol. The van der Waals surface area contributed by atoms with Gasteiger partial charge in [-0.2, -0.15) is 0 Å². The number of aryl methyl sites for hydroxylation is 1. The second kappa shape index (κ2) is 6.89. The van der Waals surface area contributed by atoms with E-state index in [-0.39, 0.29) is 0 Å². The predicted octanol–water partition coefficient (Wildman–Crippen LogP) is 5.71. The summed E-state index contributed by atoms with van der Waals surface area (Å²) in [5.74, 6) is 0. The summed E-state index contributed by atoms with van der Waals surface area (Å²) in [6.07, 6.45) is 4.20. The molecule has 0 radical (unpaired) electrons. The summed E-state index contributed by atoms with van der Waals surface area (Å²) in [4.78, 5) is 4.12. The lowest BCUT2D eigenvalue weighted by Crippen LogP contribution is -2.03. The van der Waals surface area contributed by atoms with E-state index in [4.69, 9.17) is 0 Å². The fraction of sp³-hybridized carbons (Fsp3) is 0.429. The van der Waals surface area contributed by atoms with Crippen molar-refractivity contribution < 1.29 is 0 Å². The van der Waals surface area contributed by atoms with Gasteiger partial charge in [0.15, 0.2) is 0 Å². The van der Waals surface area contributed by atoms with Crippen molar-refractivity contribution in [3.05, 3.63) is 35.6 Å². The van der Waals surface area contributed by atoms with Crippen molar-refractivity contribution in [2.24, 2.45) is 0 Å². The van der Waals surface area contributed by atoms with Gasteiger partial charge in [-0.25, -0.2) is 4.68 Å². The maximum atomic E-state index is 4.21. The molecule has 0 spiro atoms. The Labute approximate surface area is 142 Å². The Bertz CT molecular complexity index is 626. The number of unbranched alkanes of at least 4 members (excludes halogenated alkanes) is 1. The summed E-state index contributed by atoms with van der Waals surface area (Å²) in [7, 11) is 0. The third kappa shape index (κ3) is 3.41. The molecular weight excluding hydrogens is 338 g/mol. The van der Waals surface area contributed by atoms with E-state index in [9.17, 15) is 0 Å². The first kappa shape index (κ1) is 15.6. The van der Waals surface area contributed by atoms with E-state index in [0.29, 0.717) is 0 Å². The number of allylic oxidation sites excluding steroid dienone is 2. The van der Waals surface area contributed by atoms with Crippen molar-refractivity contribution in [1.29, 1.82) is 0 Å². The smallest absolute Gasteiger partial charge is 0.0958 e. The monoisotopic (exact) mass is 355 g/mol. The predicted molar refractivity (Wildman–Crippen MR) is 98.7 cm³/mol. The average Bonchev–Trinajstić information content (AvgIpc) is 3.17. The quantitative estimate of drug-likeness (QED) is 0.687. The van der Waals surface area contributed by atoms with Gasteiger partial charge >= 0.3 is 0 Å². The first-order chi connectivity index (χ1) is 10.2. The molecule has 0 saturated heterocycles. The van der Waals surface area contributed by atoms with Crippen molar-refractivity contribution in [2.45, 2.75) is 40.2 Å². The molecule has 3 nitrogen and oxygen atoms in total. The molecule has 2 aliphatic rings. The Morgan fingerprint density at radius 1 is 1.10 bits per heavy atom. The second-order valence-electron chi connectivity index (χ2n) is 4.79. The van der Waals surface area contributed by atoms with Crippen molar-refractivity contribution >= 4 is 52.0 Å². The lowest BCUT2D eigenvalue weighted by Gasteiger charge is -2.06. The van der Waals surface area contributed by atoms with E-state index in [1.165, 1.54) is 29.6 Å². The molecule has 0 N–H and O–H groups in total. The first-order valence-corrected chi connectivity index (χ1v) is 10.2. The van der Waals surface area contributed by atoms with Gasteiger partial charge in [0.1, 0.15) is 0 Å². The molecule has 112 valence electrons. The molecule has 0 atom stereocenters. The van der Waals surface area contributed by atoms with Gasteiger partial charge in [-0.05, 0) is 35.5 Å². The standard InChI is InChI=1S/C14H17N3S4/c1-4-5-6-17-11(7-15-16-17)12-8-18-13(21-12)14-19-9(2)10(3)20-14/h7-8H,4-6H2,1-3H3.